The van der Waals surface area contributed by atoms with Crippen molar-refractivity contribution in [3.63, 3.8) is 0 Å². The van der Waals surface area contributed by atoms with Crippen LogP contribution in [-0.2, 0) is 13.0 Å². The lowest BCUT2D eigenvalue weighted by atomic mass is 10.1. The van der Waals surface area contributed by atoms with Crippen molar-refractivity contribution in [2.45, 2.75) is 25.4 Å². The summed E-state index contributed by atoms with van der Waals surface area (Å²) in [6.45, 7) is 0.808. The molecule has 0 unspecified atom stereocenters. The molecule has 0 aliphatic carbocycles. The van der Waals surface area contributed by atoms with E-state index in [1.807, 2.05) is 16.8 Å². The lowest BCUT2D eigenvalue weighted by Gasteiger charge is -2.24. The summed E-state index contributed by atoms with van der Waals surface area (Å²) in [7, 11) is 0. The Hall–Kier alpha value is -1.62. The van der Waals surface area contributed by atoms with Crippen LogP contribution >= 0.6 is 11.6 Å². The fourth-order valence-electron chi connectivity index (χ4n) is 2.04. The van der Waals surface area contributed by atoms with Crippen molar-refractivity contribution in [1.29, 1.82) is 0 Å². The molecule has 0 spiro atoms. The number of nitrogens with zero attached hydrogens (tertiary/aromatic N) is 4. The lowest BCUT2D eigenvalue weighted by molar-refractivity contribution is 0.441. The van der Waals surface area contributed by atoms with Gasteiger partial charge in [0.15, 0.2) is 0 Å². The number of hydrogen-bond donors (Lipinski definition) is 1. The minimum absolute atomic E-state index is 0.302. The predicted octanol–water partition coefficient (Wildman–Crippen LogP) is 1.75. The number of anilines is 1. The smallest absolute Gasteiger partial charge is 0.145 e. The van der Waals surface area contributed by atoms with Gasteiger partial charge in [-0.15, -0.1) is 0 Å². The SMILES string of the molecule is Clc1cccnc1N[C@@H]1CCc2ncnn2C1. The number of hydrogen-bond acceptors (Lipinski definition) is 4. The summed E-state index contributed by atoms with van der Waals surface area (Å²) in [5.74, 6) is 1.79. The number of aromatic nitrogens is 4. The van der Waals surface area contributed by atoms with Crippen LogP contribution in [0.4, 0.5) is 5.82 Å². The first-order valence-corrected chi connectivity index (χ1v) is 5.94. The molecule has 0 saturated carbocycles. The largest absolute Gasteiger partial charge is 0.364 e. The monoisotopic (exact) mass is 249 g/mol. The zero-order chi connectivity index (χ0) is 11.7. The molecule has 1 atom stereocenters. The van der Waals surface area contributed by atoms with E-state index in [4.69, 9.17) is 11.6 Å². The first kappa shape index (κ1) is 10.5. The summed E-state index contributed by atoms with van der Waals surface area (Å²) < 4.78 is 1.93. The summed E-state index contributed by atoms with van der Waals surface area (Å²) >= 11 is 6.06. The van der Waals surface area contributed by atoms with E-state index in [1.165, 1.54) is 0 Å². The molecule has 0 bridgehead atoms. The van der Waals surface area contributed by atoms with E-state index in [0.29, 0.717) is 11.1 Å². The predicted molar refractivity (Wildman–Crippen MR) is 65.0 cm³/mol. The lowest BCUT2D eigenvalue weighted by Crippen LogP contribution is -2.32. The summed E-state index contributed by atoms with van der Waals surface area (Å²) in [6, 6.07) is 3.96. The molecule has 5 nitrogen and oxygen atoms in total. The van der Waals surface area contributed by atoms with Crippen LogP contribution in [0.15, 0.2) is 24.7 Å². The molecule has 6 heteroatoms. The van der Waals surface area contributed by atoms with E-state index < -0.39 is 0 Å². The van der Waals surface area contributed by atoms with Gasteiger partial charge in [0.2, 0.25) is 0 Å². The second-order valence-electron chi connectivity index (χ2n) is 4.07. The highest BCUT2D eigenvalue weighted by Gasteiger charge is 2.20. The van der Waals surface area contributed by atoms with Gasteiger partial charge in [0.05, 0.1) is 11.6 Å². The molecule has 2 aromatic heterocycles. The van der Waals surface area contributed by atoms with Gasteiger partial charge in [-0.3, -0.25) is 0 Å². The summed E-state index contributed by atoms with van der Waals surface area (Å²) in [5, 5.41) is 8.18. The first-order valence-electron chi connectivity index (χ1n) is 5.56. The third kappa shape index (κ3) is 2.10. The summed E-state index contributed by atoms with van der Waals surface area (Å²) in [5.41, 5.74) is 0. The van der Waals surface area contributed by atoms with Crippen LogP contribution in [0, 0.1) is 0 Å². The van der Waals surface area contributed by atoms with Gasteiger partial charge in [-0.05, 0) is 18.6 Å². The Morgan fingerprint density at radius 2 is 2.35 bits per heavy atom. The number of nitrogens with one attached hydrogen (secondary N) is 1. The second kappa shape index (κ2) is 4.33. The number of aryl methyl sites for hydroxylation is 1. The topological polar surface area (TPSA) is 55.6 Å². The Bertz CT molecular complexity index is 524. The molecule has 2 aromatic rings. The number of halogens is 1. The van der Waals surface area contributed by atoms with Crippen molar-refractivity contribution < 1.29 is 0 Å². The normalized spacial score (nSPS) is 18.8. The average Bonchev–Trinajstić information content (AvgIpc) is 2.79. The van der Waals surface area contributed by atoms with Gasteiger partial charge in [0, 0.05) is 18.7 Å². The minimum atomic E-state index is 0.302. The Morgan fingerprint density at radius 3 is 3.24 bits per heavy atom. The van der Waals surface area contributed by atoms with Gasteiger partial charge in [-0.2, -0.15) is 5.10 Å². The third-order valence-electron chi connectivity index (χ3n) is 2.90. The van der Waals surface area contributed by atoms with E-state index in [9.17, 15) is 0 Å². The number of fused-ring (bicyclic) bond motifs is 1. The van der Waals surface area contributed by atoms with Crippen LogP contribution in [0.5, 0.6) is 0 Å². The standard InChI is InChI=1S/C11H12ClN5/c12-9-2-1-5-13-11(9)16-8-3-4-10-14-7-15-17(10)6-8/h1-2,5,7-8H,3-4,6H2,(H,13,16)/t8-/m1/s1. The van der Waals surface area contributed by atoms with Crippen molar-refractivity contribution >= 4 is 17.4 Å². The molecule has 0 fully saturated rings. The molecule has 3 heterocycles. The molecular formula is C11H12ClN5. The van der Waals surface area contributed by atoms with Gasteiger partial charge in [-0.25, -0.2) is 14.6 Å². The average molecular weight is 250 g/mol. The third-order valence-corrected chi connectivity index (χ3v) is 3.21. The molecule has 3 rings (SSSR count). The Labute approximate surface area is 104 Å². The van der Waals surface area contributed by atoms with Crippen LogP contribution < -0.4 is 5.32 Å². The van der Waals surface area contributed by atoms with Gasteiger partial charge in [-0.1, -0.05) is 11.6 Å². The van der Waals surface area contributed by atoms with Crippen molar-refractivity contribution in [2.75, 3.05) is 5.32 Å². The Balaban J connectivity index is 1.74. The minimum Gasteiger partial charge on any atom is -0.364 e. The highest BCUT2D eigenvalue weighted by atomic mass is 35.5. The summed E-state index contributed by atoms with van der Waals surface area (Å²) in [6.07, 6.45) is 5.29. The fourth-order valence-corrected chi connectivity index (χ4v) is 2.22. The molecule has 0 aromatic carbocycles. The maximum Gasteiger partial charge on any atom is 0.145 e. The van der Waals surface area contributed by atoms with E-state index in [0.717, 1.165) is 31.0 Å². The van der Waals surface area contributed by atoms with Gasteiger partial charge in [0.1, 0.15) is 18.0 Å². The van der Waals surface area contributed by atoms with Gasteiger partial charge in [0.25, 0.3) is 0 Å². The Kier molecular flexibility index (Phi) is 2.68. The molecule has 1 N–H and O–H groups in total. The van der Waals surface area contributed by atoms with Gasteiger partial charge < -0.3 is 5.32 Å². The zero-order valence-electron chi connectivity index (χ0n) is 9.17. The van der Waals surface area contributed by atoms with Crippen LogP contribution in [0.3, 0.4) is 0 Å². The maximum absolute atomic E-state index is 6.06. The van der Waals surface area contributed by atoms with Crippen molar-refractivity contribution in [2.24, 2.45) is 0 Å². The van der Waals surface area contributed by atoms with Crippen molar-refractivity contribution in [1.82, 2.24) is 19.7 Å². The Morgan fingerprint density at radius 1 is 1.41 bits per heavy atom. The highest BCUT2D eigenvalue weighted by molar-refractivity contribution is 6.32. The molecule has 1 aliphatic heterocycles. The van der Waals surface area contributed by atoms with Crippen LogP contribution in [-0.4, -0.2) is 25.8 Å². The highest BCUT2D eigenvalue weighted by Crippen LogP contribution is 2.21. The number of rotatable bonds is 2. The van der Waals surface area contributed by atoms with E-state index in [-0.39, 0.29) is 0 Å². The number of pyridine rings is 1. The second-order valence-corrected chi connectivity index (χ2v) is 4.48. The van der Waals surface area contributed by atoms with Crippen LogP contribution in [0.1, 0.15) is 12.2 Å². The molecule has 0 radical (unpaired) electrons. The van der Waals surface area contributed by atoms with E-state index >= 15 is 0 Å². The zero-order valence-corrected chi connectivity index (χ0v) is 9.93. The molecule has 88 valence electrons. The van der Waals surface area contributed by atoms with Crippen LogP contribution in [0.2, 0.25) is 5.02 Å². The molecule has 1 aliphatic rings. The van der Waals surface area contributed by atoms with Crippen molar-refractivity contribution in [3.8, 4) is 0 Å². The van der Waals surface area contributed by atoms with Crippen LogP contribution in [0.25, 0.3) is 0 Å². The summed E-state index contributed by atoms with van der Waals surface area (Å²) in [4.78, 5) is 8.43. The maximum atomic E-state index is 6.06. The molecule has 0 amide bonds. The fraction of sp³-hybridized carbons (Fsp3) is 0.364. The van der Waals surface area contributed by atoms with Crippen molar-refractivity contribution in [3.05, 3.63) is 35.5 Å². The quantitative estimate of drug-likeness (QED) is 0.881. The molecule has 17 heavy (non-hydrogen) atoms. The van der Waals surface area contributed by atoms with Gasteiger partial charge >= 0.3 is 0 Å². The molecular weight excluding hydrogens is 238 g/mol. The molecule has 0 saturated heterocycles. The van der Waals surface area contributed by atoms with E-state index in [2.05, 4.69) is 20.4 Å². The van der Waals surface area contributed by atoms with E-state index in [1.54, 1.807) is 12.5 Å². The first-order chi connectivity index (χ1) is 8.33.